The lowest BCUT2D eigenvalue weighted by Gasteiger charge is -2.10. The number of nitrogens with zero attached hydrogens (tertiary/aromatic N) is 3. The van der Waals surface area contributed by atoms with Gasteiger partial charge in [-0.3, -0.25) is 0 Å². The normalized spacial score (nSPS) is 12.8. The highest BCUT2D eigenvalue weighted by molar-refractivity contribution is 7.99. The zero-order valence-corrected chi connectivity index (χ0v) is 13.2. The minimum Gasteiger partial charge on any atom is -0.396 e. The molecule has 0 saturated heterocycles. The van der Waals surface area contributed by atoms with Crippen molar-refractivity contribution in [1.29, 1.82) is 0 Å². The van der Waals surface area contributed by atoms with Crippen LogP contribution in [0.2, 0.25) is 10.3 Å². The molecule has 0 amide bonds. The number of hydrogen-bond acceptors (Lipinski definition) is 5. The summed E-state index contributed by atoms with van der Waals surface area (Å²) >= 11 is 12.9. The smallest absolute Gasteiger partial charge is 0.396 e. The molecule has 0 unspecified atom stereocenters. The fourth-order valence-electron chi connectivity index (χ4n) is 1.24. The molecule has 0 aliphatic rings. The number of rotatable bonds is 6. The molecule has 0 radical (unpaired) electrons. The highest BCUT2D eigenvalue weighted by atomic mass is 35.5. The number of halogens is 5. The topological polar surface area (TPSA) is 58.4 Å². The number of thioether (sulfide) groups is 1. The summed E-state index contributed by atoms with van der Waals surface area (Å²) in [7, 11) is 0. The van der Waals surface area contributed by atoms with Crippen LogP contribution in [0.15, 0.2) is 10.1 Å². The summed E-state index contributed by atoms with van der Waals surface area (Å²) < 4.78 is 38.2. The molecule has 21 heavy (non-hydrogen) atoms. The van der Waals surface area contributed by atoms with Gasteiger partial charge in [0.1, 0.15) is 11.4 Å². The summed E-state index contributed by atoms with van der Waals surface area (Å²) in [4.78, 5) is 11.1. The maximum absolute atomic E-state index is 12.7. The first kappa shape index (κ1) is 18.5. The second-order valence-electron chi connectivity index (χ2n) is 3.81. The second-order valence-corrected chi connectivity index (χ2v) is 5.59. The Bertz CT molecular complexity index is 503. The highest BCUT2D eigenvalue weighted by Crippen LogP contribution is 2.34. The molecule has 0 bridgehead atoms. The minimum absolute atomic E-state index is 0.256. The van der Waals surface area contributed by atoms with E-state index in [1.807, 2.05) is 6.92 Å². The number of alkyl halides is 3. The summed E-state index contributed by atoms with van der Waals surface area (Å²) in [6.45, 7) is 1.26. The van der Waals surface area contributed by atoms with Gasteiger partial charge in [0.15, 0.2) is 15.5 Å². The van der Waals surface area contributed by atoms with Gasteiger partial charge in [-0.2, -0.15) is 13.2 Å². The van der Waals surface area contributed by atoms with Gasteiger partial charge < -0.3 is 5.11 Å². The third kappa shape index (κ3) is 5.61. The molecule has 0 saturated carbocycles. The Balaban J connectivity index is 3.17. The Morgan fingerprint density at radius 1 is 1.29 bits per heavy atom. The van der Waals surface area contributed by atoms with Crippen LogP contribution in [0.3, 0.4) is 0 Å². The van der Waals surface area contributed by atoms with Crippen molar-refractivity contribution in [1.82, 2.24) is 9.97 Å². The van der Waals surface area contributed by atoms with Gasteiger partial charge in [-0.15, -0.1) is 0 Å². The van der Waals surface area contributed by atoms with E-state index < -0.39 is 24.9 Å². The van der Waals surface area contributed by atoms with Gasteiger partial charge in [-0.05, 0) is 6.42 Å². The van der Waals surface area contributed by atoms with Gasteiger partial charge in [-0.25, -0.2) is 15.0 Å². The molecule has 0 spiro atoms. The molecule has 0 atom stereocenters. The van der Waals surface area contributed by atoms with Crippen LogP contribution in [-0.2, 0) is 0 Å². The Hall–Kier alpha value is -0.570. The van der Waals surface area contributed by atoms with Crippen molar-refractivity contribution in [3.8, 4) is 0 Å². The summed E-state index contributed by atoms with van der Waals surface area (Å²) in [5.41, 5.74) is -1.54. The van der Waals surface area contributed by atoms with Gasteiger partial charge in [0.05, 0.1) is 0 Å². The van der Waals surface area contributed by atoms with Crippen molar-refractivity contribution in [2.75, 3.05) is 12.4 Å². The van der Waals surface area contributed by atoms with Crippen LogP contribution in [-0.4, -0.2) is 39.3 Å². The fourth-order valence-corrected chi connectivity index (χ4v) is 2.51. The summed E-state index contributed by atoms with van der Waals surface area (Å²) in [6.07, 6.45) is -4.48. The third-order valence-electron chi connectivity index (χ3n) is 2.14. The molecule has 118 valence electrons. The van der Waals surface area contributed by atoms with Crippen LogP contribution in [0.4, 0.5) is 18.9 Å². The third-order valence-corrected chi connectivity index (χ3v) is 3.72. The van der Waals surface area contributed by atoms with E-state index in [4.69, 9.17) is 28.3 Å². The molecular weight excluding hydrogens is 350 g/mol. The fraction of sp³-hybridized carbons (Fsp3) is 0.545. The largest absolute Gasteiger partial charge is 0.429 e. The maximum atomic E-state index is 12.7. The van der Waals surface area contributed by atoms with Crippen molar-refractivity contribution in [2.45, 2.75) is 31.1 Å². The SMILES string of the molecule is CCCSc1nc(Cl)c(N=C(CCO)C(F)(F)F)c(Cl)n1. The monoisotopic (exact) mass is 361 g/mol. The van der Waals surface area contributed by atoms with Crippen LogP contribution in [0.25, 0.3) is 0 Å². The van der Waals surface area contributed by atoms with E-state index in [-0.39, 0.29) is 21.2 Å². The van der Waals surface area contributed by atoms with Crippen molar-refractivity contribution in [2.24, 2.45) is 4.99 Å². The number of aliphatic imine (C=N–C) groups is 1. The molecular formula is C11H12Cl2F3N3OS. The number of aliphatic hydroxyl groups excluding tert-OH is 1. The molecule has 1 N–H and O–H groups in total. The quantitative estimate of drug-likeness (QED) is 0.355. The van der Waals surface area contributed by atoms with Crippen molar-refractivity contribution in [3.05, 3.63) is 10.3 Å². The Labute approximate surface area is 133 Å². The summed E-state index contributed by atoms with van der Waals surface area (Å²) in [6, 6.07) is 0. The first-order chi connectivity index (χ1) is 9.79. The number of aliphatic hydroxyl groups is 1. The first-order valence-electron chi connectivity index (χ1n) is 5.91. The molecule has 4 nitrogen and oxygen atoms in total. The Kier molecular flexibility index (Phi) is 7.19. The Morgan fingerprint density at radius 2 is 1.86 bits per heavy atom. The highest BCUT2D eigenvalue weighted by Gasteiger charge is 2.35. The van der Waals surface area contributed by atoms with Crippen LogP contribution in [0, 0.1) is 0 Å². The molecule has 0 aromatic carbocycles. The molecule has 1 heterocycles. The zero-order valence-electron chi connectivity index (χ0n) is 10.9. The Morgan fingerprint density at radius 3 is 2.29 bits per heavy atom. The average Bonchev–Trinajstić information content (AvgIpc) is 2.38. The summed E-state index contributed by atoms with van der Waals surface area (Å²) in [5, 5.41) is 8.44. The van der Waals surface area contributed by atoms with Crippen molar-refractivity contribution in [3.63, 3.8) is 0 Å². The van der Waals surface area contributed by atoms with Gasteiger partial charge >= 0.3 is 6.18 Å². The number of aromatic nitrogens is 2. The maximum Gasteiger partial charge on any atom is 0.429 e. The van der Waals surface area contributed by atoms with Crippen LogP contribution >= 0.6 is 35.0 Å². The molecule has 0 fully saturated rings. The zero-order chi connectivity index (χ0) is 16.0. The lowest BCUT2D eigenvalue weighted by atomic mass is 10.2. The van der Waals surface area contributed by atoms with Crippen molar-refractivity contribution >= 4 is 46.4 Å². The summed E-state index contributed by atoms with van der Waals surface area (Å²) in [5.74, 6) is 0.730. The van der Waals surface area contributed by atoms with E-state index in [9.17, 15) is 13.2 Å². The van der Waals surface area contributed by atoms with E-state index in [0.717, 1.165) is 12.2 Å². The minimum atomic E-state index is -4.69. The van der Waals surface area contributed by atoms with Crippen LogP contribution < -0.4 is 0 Å². The molecule has 10 heteroatoms. The van der Waals surface area contributed by atoms with Gasteiger partial charge in [0.25, 0.3) is 0 Å². The van der Waals surface area contributed by atoms with E-state index in [1.54, 1.807) is 0 Å². The number of hydrogen-bond donors (Lipinski definition) is 1. The lowest BCUT2D eigenvalue weighted by molar-refractivity contribution is -0.0610. The van der Waals surface area contributed by atoms with E-state index >= 15 is 0 Å². The standard InChI is InChI=1S/C11H12Cl2F3N3OS/c1-2-5-21-10-18-8(12)7(9(13)19-10)17-6(3-4-20)11(14,15)16/h20H,2-5H2,1H3. The first-order valence-corrected chi connectivity index (χ1v) is 7.65. The van der Waals surface area contributed by atoms with E-state index in [2.05, 4.69) is 15.0 Å². The van der Waals surface area contributed by atoms with Gasteiger partial charge in [0.2, 0.25) is 0 Å². The van der Waals surface area contributed by atoms with Crippen LogP contribution in [0.1, 0.15) is 19.8 Å². The van der Waals surface area contributed by atoms with Crippen molar-refractivity contribution < 1.29 is 18.3 Å². The molecule has 1 aromatic heterocycles. The predicted molar refractivity (Wildman–Crippen MR) is 77.9 cm³/mol. The average molecular weight is 362 g/mol. The molecule has 1 rings (SSSR count). The predicted octanol–water partition coefficient (Wildman–Crippen LogP) is 4.30. The van der Waals surface area contributed by atoms with Gasteiger partial charge in [-0.1, -0.05) is 41.9 Å². The molecule has 0 aliphatic heterocycles. The second kappa shape index (κ2) is 8.17. The van der Waals surface area contributed by atoms with Crippen LogP contribution in [0.5, 0.6) is 0 Å². The van der Waals surface area contributed by atoms with Gasteiger partial charge in [0, 0.05) is 18.8 Å². The van der Waals surface area contributed by atoms with E-state index in [1.165, 1.54) is 11.8 Å². The van der Waals surface area contributed by atoms with E-state index in [0.29, 0.717) is 0 Å². The molecule has 0 aliphatic carbocycles. The lowest BCUT2D eigenvalue weighted by Crippen LogP contribution is -2.23. The molecule has 1 aromatic rings.